The van der Waals surface area contributed by atoms with E-state index in [1.807, 2.05) is 11.6 Å². The largest absolute Gasteiger partial charge is 0.334 e. The van der Waals surface area contributed by atoms with Gasteiger partial charge in [0.2, 0.25) is 0 Å². The minimum Gasteiger partial charge on any atom is -0.334 e. The lowest BCUT2D eigenvalue weighted by molar-refractivity contribution is 0.112. The van der Waals surface area contributed by atoms with E-state index in [0.717, 1.165) is 17.3 Å². The molecule has 66 valence electrons. The number of fused-ring (bicyclic) bond motifs is 1. The predicted octanol–water partition coefficient (Wildman–Crippen LogP) is 2.04. The molecule has 0 fully saturated rings. The van der Waals surface area contributed by atoms with Gasteiger partial charge in [0.1, 0.15) is 0 Å². The van der Waals surface area contributed by atoms with Gasteiger partial charge in [0.25, 0.3) is 0 Å². The van der Waals surface area contributed by atoms with Gasteiger partial charge in [-0.05, 0) is 12.1 Å². The number of imidazole rings is 1. The summed E-state index contributed by atoms with van der Waals surface area (Å²) < 4.78 is 1.86. The van der Waals surface area contributed by atoms with Crippen LogP contribution in [0.3, 0.4) is 0 Å². The van der Waals surface area contributed by atoms with Gasteiger partial charge in [-0.25, -0.2) is 4.98 Å². The first-order valence-corrected chi connectivity index (χ1v) is 4.16. The number of rotatable bonds is 1. The summed E-state index contributed by atoms with van der Waals surface area (Å²) in [4.78, 5) is 14.7. The maximum Gasteiger partial charge on any atom is 0.151 e. The van der Waals surface area contributed by atoms with E-state index in [-0.39, 0.29) is 0 Å². The summed E-state index contributed by atoms with van der Waals surface area (Å²) >= 11 is 5.86. The molecule has 1 aromatic heterocycles. The second-order valence-electron chi connectivity index (χ2n) is 2.84. The van der Waals surface area contributed by atoms with Crippen LogP contribution in [0, 0.1) is 0 Å². The molecule has 4 heteroatoms. The van der Waals surface area contributed by atoms with Crippen LogP contribution in [0.5, 0.6) is 0 Å². The van der Waals surface area contributed by atoms with Gasteiger partial charge < -0.3 is 4.57 Å². The number of aldehydes is 1. The van der Waals surface area contributed by atoms with Crippen molar-refractivity contribution in [3.63, 3.8) is 0 Å². The number of nitrogens with zero attached hydrogens (tertiary/aromatic N) is 2. The molecule has 0 saturated heterocycles. The summed E-state index contributed by atoms with van der Waals surface area (Å²) in [6, 6.07) is 3.43. The Morgan fingerprint density at radius 2 is 2.31 bits per heavy atom. The van der Waals surface area contributed by atoms with Gasteiger partial charge in [0.15, 0.2) is 6.29 Å². The Morgan fingerprint density at radius 1 is 1.54 bits per heavy atom. The molecule has 0 N–H and O–H groups in total. The van der Waals surface area contributed by atoms with Crippen LogP contribution in [0.4, 0.5) is 0 Å². The zero-order chi connectivity index (χ0) is 9.42. The maximum atomic E-state index is 10.6. The summed E-state index contributed by atoms with van der Waals surface area (Å²) in [5, 5.41) is 0.464. The molecule has 0 atom stereocenters. The quantitative estimate of drug-likeness (QED) is 0.652. The number of aromatic nitrogens is 2. The highest BCUT2D eigenvalue weighted by atomic mass is 35.5. The highest BCUT2D eigenvalue weighted by Crippen LogP contribution is 2.21. The standard InChI is InChI=1S/C9H7ClN2O/c1-12-5-11-8-2-6(4-13)7(10)3-9(8)12/h2-5H,1H3. The fraction of sp³-hybridized carbons (Fsp3) is 0.111. The van der Waals surface area contributed by atoms with Crippen LogP contribution < -0.4 is 0 Å². The van der Waals surface area contributed by atoms with Gasteiger partial charge in [-0.2, -0.15) is 0 Å². The van der Waals surface area contributed by atoms with Crippen LogP contribution in [0.25, 0.3) is 11.0 Å². The molecule has 2 rings (SSSR count). The molecule has 0 bridgehead atoms. The van der Waals surface area contributed by atoms with Crippen LogP contribution >= 0.6 is 11.6 Å². The van der Waals surface area contributed by atoms with Gasteiger partial charge in [-0.3, -0.25) is 4.79 Å². The number of aryl methyl sites for hydroxylation is 1. The van der Waals surface area contributed by atoms with E-state index in [0.29, 0.717) is 10.6 Å². The van der Waals surface area contributed by atoms with Crippen molar-refractivity contribution in [2.24, 2.45) is 7.05 Å². The van der Waals surface area contributed by atoms with E-state index in [1.165, 1.54) is 0 Å². The molecular formula is C9H7ClN2O. The Bertz CT molecular complexity index is 476. The molecule has 0 amide bonds. The molecule has 3 nitrogen and oxygen atoms in total. The Hall–Kier alpha value is -1.35. The van der Waals surface area contributed by atoms with Gasteiger partial charge in [-0.1, -0.05) is 11.6 Å². The summed E-state index contributed by atoms with van der Waals surface area (Å²) in [6.45, 7) is 0. The summed E-state index contributed by atoms with van der Waals surface area (Å²) in [5.74, 6) is 0. The SMILES string of the molecule is Cn1cnc2cc(C=O)c(Cl)cc21. The molecular weight excluding hydrogens is 188 g/mol. The minimum atomic E-state index is 0.464. The van der Waals surface area contributed by atoms with E-state index < -0.39 is 0 Å². The fourth-order valence-corrected chi connectivity index (χ4v) is 1.46. The molecule has 0 unspecified atom stereocenters. The third kappa shape index (κ3) is 1.21. The van der Waals surface area contributed by atoms with Crippen molar-refractivity contribution in [2.45, 2.75) is 0 Å². The second-order valence-corrected chi connectivity index (χ2v) is 3.24. The average molecular weight is 195 g/mol. The molecule has 0 saturated carbocycles. The molecule has 2 aromatic rings. The van der Waals surface area contributed by atoms with Crippen LogP contribution in [-0.2, 0) is 7.05 Å². The molecule has 1 aromatic carbocycles. The Morgan fingerprint density at radius 3 is 3.00 bits per heavy atom. The van der Waals surface area contributed by atoms with Crippen molar-refractivity contribution in [2.75, 3.05) is 0 Å². The van der Waals surface area contributed by atoms with Crippen LogP contribution in [0.1, 0.15) is 10.4 Å². The van der Waals surface area contributed by atoms with Crippen molar-refractivity contribution < 1.29 is 4.79 Å². The second kappa shape index (κ2) is 2.85. The topological polar surface area (TPSA) is 34.9 Å². The highest BCUT2D eigenvalue weighted by molar-refractivity contribution is 6.33. The van der Waals surface area contributed by atoms with Crippen molar-refractivity contribution in [3.8, 4) is 0 Å². The van der Waals surface area contributed by atoms with Crippen molar-refractivity contribution >= 4 is 28.9 Å². The van der Waals surface area contributed by atoms with E-state index in [2.05, 4.69) is 4.98 Å². The normalized spacial score (nSPS) is 10.6. The lowest BCUT2D eigenvalue weighted by atomic mass is 10.2. The van der Waals surface area contributed by atoms with E-state index in [1.54, 1.807) is 18.5 Å². The van der Waals surface area contributed by atoms with Crippen molar-refractivity contribution in [3.05, 3.63) is 29.0 Å². The third-order valence-electron chi connectivity index (χ3n) is 1.97. The predicted molar refractivity (Wildman–Crippen MR) is 51.1 cm³/mol. The van der Waals surface area contributed by atoms with Gasteiger partial charge >= 0.3 is 0 Å². The first kappa shape index (κ1) is 8.26. The number of hydrogen-bond acceptors (Lipinski definition) is 2. The molecule has 0 spiro atoms. The third-order valence-corrected chi connectivity index (χ3v) is 2.30. The number of benzene rings is 1. The monoisotopic (exact) mass is 194 g/mol. The van der Waals surface area contributed by atoms with Gasteiger partial charge in [0, 0.05) is 12.6 Å². The minimum absolute atomic E-state index is 0.464. The van der Waals surface area contributed by atoms with E-state index in [4.69, 9.17) is 11.6 Å². The lowest BCUT2D eigenvalue weighted by Gasteiger charge is -1.97. The van der Waals surface area contributed by atoms with E-state index >= 15 is 0 Å². The smallest absolute Gasteiger partial charge is 0.151 e. The average Bonchev–Trinajstić information content (AvgIpc) is 2.47. The molecule has 0 aliphatic carbocycles. The number of carbonyl (C=O) groups is 1. The summed E-state index contributed by atoms with van der Waals surface area (Å²) in [5.41, 5.74) is 2.19. The Labute approximate surface area is 79.9 Å². The molecule has 0 radical (unpaired) electrons. The summed E-state index contributed by atoms with van der Waals surface area (Å²) in [6.07, 6.45) is 2.42. The highest BCUT2D eigenvalue weighted by Gasteiger charge is 2.05. The van der Waals surface area contributed by atoms with Gasteiger partial charge in [0.05, 0.1) is 22.4 Å². The summed E-state index contributed by atoms with van der Waals surface area (Å²) in [7, 11) is 1.88. The number of carbonyl (C=O) groups excluding carboxylic acids is 1. The van der Waals surface area contributed by atoms with Crippen molar-refractivity contribution in [1.29, 1.82) is 0 Å². The lowest BCUT2D eigenvalue weighted by Crippen LogP contribution is -1.86. The van der Waals surface area contributed by atoms with E-state index in [9.17, 15) is 4.79 Å². The molecule has 0 aliphatic heterocycles. The van der Waals surface area contributed by atoms with Crippen LogP contribution in [-0.4, -0.2) is 15.8 Å². The zero-order valence-corrected chi connectivity index (χ0v) is 7.75. The van der Waals surface area contributed by atoms with Gasteiger partial charge in [-0.15, -0.1) is 0 Å². The Kier molecular flexibility index (Phi) is 1.81. The van der Waals surface area contributed by atoms with Crippen LogP contribution in [0.2, 0.25) is 5.02 Å². The van der Waals surface area contributed by atoms with Crippen LogP contribution in [0.15, 0.2) is 18.5 Å². The Balaban J connectivity index is 2.83. The molecule has 0 aliphatic rings. The first-order chi connectivity index (χ1) is 6.22. The van der Waals surface area contributed by atoms with Crippen molar-refractivity contribution in [1.82, 2.24) is 9.55 Å². The first-order valence-electron chi connectivity index (χ1n) is 3.78. The fourth-order valence-electron chi connectivity index (χ4n) is 1.25. The maximum absolute atomic E-state index is 10.6. The zero-order valence-electron chi connectivity index (χ0n) is 6.99. The molecule has 1 heterocycles. The number of halogens is 1. The molecule has 13 heavy (non-hydrogen) atoms. The number of hydrogen-bond donors (Lipinski definition) is 0.